The lowest BCUT2D eigenvalue weighted by atomic mass is 9.55. The molecule has 0 aromatic carbocycles. The minimum absolute atomic E-state index is 0.314. The van der Waals surface area contributed by atoms with Crippen molar-refractivity contribution >= 4 is 11.9 Å². The highest BCUT2D eigenvalue weighted by Crippen LogP contribution is 2.63. The van der Waals surface area contributed by atoms with Crippen molar-refractivity contribution in [1.29, 1.82) is 0 Å². The second-order valence-electron chi connectivity index (χ2n) is 9.44. The van der Waals surface area contributed by atoms with Gasteiger partial charge in [0.05, 0.1) is 24.5 Å². The predicted molar refractivity (Wildman–Crippen MR) is 99.1 cm³/mol. The van der Waals surface area contributed by atoms with E-state index in [4.69, 9.17) is 14.2 Å². The summed E-state index contributed by atoms with van der Waals surface area (Å²) < 4.78 is 17.1. The highest BCUT2D eigenvalue weighted by molar-refractivity contribution is 5.78. The number of carbonyl (C=O) groups is 2. The maximum Gasteiger partial charge on any atom is 0.310 e. The number of rotatable bonds is 5. The van der Waals surface area contributed by atoms with Crippen LogP contribution < -0.4 is 0 Å². The van der Waals surface area contributed by atoms with E-state index < -0.39 is 96.6 Å². The molecule has 0 spiro atoms. The summed E-state index contributed by atoms with van der Waals surface area (Å²) in [6.07, 6.45) is -9.90. The van der Waals surface area contributed by atoms with Crippen LogP contribution in [-0.4, -0.2) is 98.2 Å². The zero-order chi connectivity index (χ0) is 22.8. The van der Waals surface area contributed by atoms with Gasteiger partial charge < -0.3 is 44.8 Å². The molecule has 4 fully saturated rings. The van der Waals surface area contributed by atoms with Gasteiger partial charge in [-0.2, -0.15) is 0 Å². The standard InChI is InChI=1S/C20H30O11/c1-6(22)10-11-7-3-4-8(17(26)27)20(7,2)16(15(10)30-18(11)28)31-19-14(25)13(24)12(23)9(5-21)29-19/h6-16,19,21-25H,3-5H2,1-2H3,(H,26,27). The number of ether oxygens (including phenoxy) is 3. The Morgan fingerprint density at radius 2 is 1.90 bits per heavy atom. The normalized spacial score (nSPS) is 52.5. The van der Waals surface area contributed by atoms with Gasteiger partial charge in [-0.3, -0.25) is 9.59 Å². The van der Waals surface area contributed by atoms with Crippen LogP contribution in [0.15, 0.2) is 0 Å². The van der Waals surface area contributed by atoms with E-state index in [2.05, 4.69) is 0 Å². The van der Waals surface area contributed by atoms with Gasteiger partial charge in [-0.05, 0) is 25.7 Å². The zero-order valence-corrected chi connectivity index (χ0v) is 17.3. The summed E-state index contributed by atoms with van der Waals surface area (Å²) >= 11 is 0. The smallest absolute Gasteiger partial charge is 0.310 e. The molecule has 2 aliphatic heterocycles. The number of hydrogen-bond donors (Lipinski definition) is 6. The molecule has 0 amide bonds. The highest BCUT2D eigenvalue weighted by Gasteiger charge is 2.71. The third-order valence-electron chi connectivity index (χ3n) is 7.96. The summed E-state index contributed by atoms with van der Waals surface area (Å²) in [6, 6.07) is 0. The molecule has 13 unspecified atom stereocenters. The average molecular weight is 446 g/mol. The maximum atomic E-state index is 12.7. The Bertz CT molecular complexity index is 726. The van der Waals surface area contributed by atoms with Gasteiger partial charge in [0.25, 0.3) is 0 Å². The van der Waals surface area contributed by atoms with E-state index >= 15 is 0 Å². The lowest BCUT2D eigenvalue weighted by Crippen LogP contribution is -2.64. The SMILES string of the molecule is CC(O)C1C2OC(=O)C1C1CCC(C(=O)O)C1(C)C2OC1OC(CO)C(O)C(O)C1O. The summed E-state index contributed by atoms with van der Waals surface area (Å²) in [5, 5.41) is 60.3. The van der Waals surface area contributed by atoms with Crippen LogP contribution in [0.2, 0.25) is 0 Å². The van der Waals surface area contributed by atoms with Crippen LogP contribution in [0.4, 0.5) is 0 Å². The molecule has 11 heteroatoms. The predicted octanol–water partition coefficient (Wildman–Crippen LogP) is -2.16. The molecular weight excluding hydrogens is 416 g/mol. The molecule has 2 aliphatic carbocycles. The van der Waals surface area contributed by atoms with E-state index in [1.54, 1.807) is 6.92 Å². The molecule has 6 N–H and O–H groups in total. The fraction of sp³-hybridized carbons (Fsp3) is 0.900. The fourth-order valence-corrected chi connectivity index (χ4v) is 6.42. The third-order valence-corrected chi connectivity index (χ3v) is 7.96. The van der Waals surface area contributed by atoms with E-state index in [9.17, 15) is 40.2 Å². The number of esters is 1. The summed E-state index contributed by atoms with van der Waals surface area (Å²) in [7, 11) is 0. The van der Waals surface area contributed by atoms with Gasteiger partial charge in [0.15, 0.2) is 6.29 Å². The van der Waals surface area contributed by atoms with Crippen LogP contribution in [0, 0.1) is 29.1 Å². The third kappa shape index (κ3) is 3.21. The van der Waals surface area contributed by atoms with Crippen molar-refractivity contribution in [3.8, 4) is 0 Å². The van der Waals surface area contributed by atoms with Gasteiger partial charge in [0.1, 0.15) is 36.6 Å². The molecule has 11 nitrogen and oxygen atoms in total. The molecule has 4 aliphatic rings. The number of carboxylic acids is 1. The van der Waals surface area contributed by atoms with Crippen molar-refractivity contribution in [1.82, 2.24) is 0 Å². The largest absolute Gasteiger partial charge is 0.481 e. The van der Waals surface area contributed by atoms with E-state index in [0.29, 0.717) is 12.8 Å². The summed E-state index contributed by atoms with van der Waals surface area (Å²) in [5.74, 6) is -4.16. The molecule has 4 rings (SSSR count). The molecule has 31 heavy (non-hydrogen) atoms. The van der Waals surface area contributed by atoms with Crippen molar-refractivity contribution in [2.45, 2.75) is 75.7 Å². The number of aliphatic hydroxyl groups is 5. The molecule has 2 heterocycles. The quantitative estimate of drug-likeness (QED) is 0.253. The minimum atomic E-state index is -1.69. The lowest BCUT2D eigenvalue weighted by molar-refractivity contribution is -0.334. The van der Waals surface area contributed by atoms with Crippen molar-refractivity contribution in [2.24, 2.45) is 29.1 Å². The van der Waals surface area contributed by atoms with Crippen molar-refractivity contribution in [3.63, 3.8) is 0 Å². The van der Waals surface area contributed by atoms with E-state index in [1.165, 1.54) is 6.92 Å². The Morgan fingerprint density at radius 1 is 1.23 bits per heavy atom. The van der Waals surface area contributed by atoms with E-state index in [-0.39, 0.29) is 0 Å². The average Bonchev–Trinajstić information content (AvgIpc) is 3.21. The zero-order valence-electron chi connectivity index (χ0n) is 17.3. The van der Waals surface area contributed by atoms with Gasteiger partial charge >= 0.3 is 11.9 Å². The first kappa shape index (κ1) is 22.8. The van der Waals surface area contributed by atoms with Crippen LogP contribution in [0.5, 0.6) is 0 Å². The van der Waals surface area contributed by atoms with Gasteiger partial charge in [-0.15, -0.1) is 0 Å². The minimum Gasteiger partial charge on any atom is -0.481 e. The topological polar surface area (TPSA) is 183 Å². The van der Waals surface area contributed by atoms with Gasteiger partial charge in [-0.1, -0.05) is 6.92 Å². The summed E-state index contributed by atoms with van der Waals surface area (Å²) in [4.78, 5) is 24.8. The fourth-order valence-electron chi connectivity index (χ4n) is 6.42. The Balaban J connectivity index is 1.73. The first-order chi connectivity index (χ1) is 14.5. The number of carbonyl (C=O) groups excluding carboxylic acids is 1. The van der Waals surface area contributed by atoms with Crippen LogP contribution in [-0.2, 0) is 23.8 Å². The van der Waals surface area contributed by atoms with E-state index in [0.717, 1.165) is 0 Å². The molecular formula is C20H30O11. The Hall–Kier alpha value is -1.34. The molecule has 2 saturated heterocycles. The number of aliphatic carboxylic acids is 1. The van der Waals surface area contributed by atoms with Gasteiger partial charge in [-0.25, -0.2) is 0 Å². The van der Waals surface area contributed by atoms with Crippen molar-refractivity contribution in [2.75, 3.05) is 6.61 Å². The maximum absolute atomic E-state index is 12.7. The van der Waals surface area contributed by atoms with Gasteiger partial charge in [0.2, 0.25) is 0 Å². The van der Waals surface area contributed by atoms with Crippen LogP contribution in [0.25, 0.3) is 0 Å². The van der Waals surface area contributed by atoms with E-state index in [1.807, 2.05) is 0 Å². The summed E-state index contributed by atoms with van der Waals surface area (Å²) in [5.41, 5.74) is -1.07. The second kappa shape index (κ2) is 7.91. The lowest BCUT2D eigenvalue weighted by Gasteiger charge is -2.52. The Labute approximate surface area is 178 Å². The van der Waals surface area contributed by atoms with Crippen LogP contribution in [0.1, 0.15) is 26.7 Å². The monoisotopic (exact) mass is 446 g/mol. The highest BCUT2D eigenvalue weighted by atomic mass is 16.7. The first-order valence-corrected chi connectivity index (χ1v) is 10.6. The molecule has 2 bridgehead atoms. The number of fused-ring (bicyclic) bond motifs is 4. The summed E-state index contributed by atoms with van der Waals surface area (Å²) in [6.45, 7) is 2.59. The Morgan fingerprint density at radius 3 is 2.48 bits per heavy atom. The van der Waals surface area contributed by atoms with Gasteiger partial charge in [0, 0.05) is 11.3 Å². The number of aliphatic hydroxyl groups excluding tert-OH is 5. The van der Waals surface area contributed by atoms with Crippen LogP contribution in [0.3, 0.4) is 0 Å². The first-order valence-electron chi connectivity index (χ1n) is 10.6. The molecule has 0 aromatic heterocycles. The second-order valence-corrected chi connectivity index (χ2v) is 9.44. The number of hydrogen-bond acceptors (Lipinski definition) is 10. The molecule has 2 saturated carbocycles. The van der Waals surface area contributed by atoms with Crippen molar-refractivity contribution in [3.05, 3.63) is 0 Å². The molecule has 0 aromatic rings. The number of carboxylic acid groups (broad SMARTS) is 1. The Kier molecular flexibility index (Phi) is 5.83. The molecule has 176 valence electrons. The van der Waals surface area contributed by atoms with Crippen molar-refractivity contribution < 1.29 is 54.4 Å². The molecule has 13 atom stereocenters. The molecule has 0 radical (unpaired) electrons. The van der Waals surface area contributed by atoms with Crippen LogP contribution >= 0.6 is 0 Å².